The van der Waals surface area contributed by atoms with E-state index in [1.165, 1.54) is 4.57 Å². The van der Waals surface area contributed by atoms with Gasteiger partial charge in [0.1, 0.15) is 5.56 Å². The first-order valence-corrected chi connectivity index (χ1v) is 6.04. The molecule has 0 aliphatic heterocycles. The number of nitrogens with zero attached hydrogens (tertiary/aromatic N) is 1. The summed E-state index contributed by atoms with van der Waals surface area (Å²) in [5, 5.41) is 17.7. The number of aryl methyl sites for hydroxylation is 2. The Morgan fingerprint density at radius 2 is 1.94 bits per heavy atom. The van der Waals surface area contributed by atoms with Crippen molar-refractivity contribution < 1.29 is 15.0 Å². The van der Waals surface area contributed by atoms with Crippen molar-refractivity contribution in [3.63, 3.8) is 0 Å². The van der Waals surface area contributed by atoms with Crippen molar-refractivity contribution in [3.05, 3.63) is 33.2 Å². The summed E-state index contributed by atoms with van der Waals surface area (Å²) in [7, 11) is 0. The number of hydrogen-bond acceptors (Lipinski definition) is 3. The van der Waals surface area contributed by atoms with Gasteiger partial charge in [0.2, 0.25) is 0 Å². The molecule has 0 spiro atoms. The molecule has 0 fully saturated rings. The topological polar surface area (TPSA) is 79.5 Å². The number of hydrogen-bond donors (Lipinski definition) is 2. The van der Waals surface area contributed by atoms with Gasteiger partial charge in [-0.1, -0.05) is 0 Å². The molecule has 0 unspecified atom stereocenters. The predicted molar refractivity (Wildman–Crippen MR) is 68.1 cm³/mol. The summed E-state index contributed by atoms with van der Waals surface area (Å²) in [6.45, 7) is 4.06. The molecule has 0 amide bonds. The molecule has 1 aromatic rings. The summed E-state index contributed by atoms with van der Waals surface area (Å²) < 4.78 is 1.49. The molecular weight excluding hydrogens is 234 g/mol. The van der Waals surface area contributed by atoms with Crippen LogP contribution in [0.4, 0.5) is 0 Å². The molecule has 0 atom stereocenters. The Kier molecular flexibility index (Phi) is 5.09. The first kappa shape index (κ1) is 14.4. The minimum atomic E-state index is -1.18. The lowest BCUT2D eigenvalue weighted by atomic mass is 10.1. The molecule has 1 heterocycles. The average molecular weight is 253 g/mol. The third-order valence-electron chi connectivity index (χ3n) is 2.96. The molecule has 5 nitrogen and oxygen atoms in total. The summed E-state index contributed by atoms with van der Waals surface area (Å²) in [5.41, 5.74) is 0.676. The van der Waals surface area contributed by atoms with E-state index in [0.29, 0.717) is 18.5 Å². The Morgan fingerprint density at radius 1 is 1.28 bits per heavy atom. The number of carbonyl (C=O) groups is 1. The van der Waals surface area contributed by atoms with Crippen LogP contribution in [-0.4, -0.2) is 27.4 Å². The Balaban J connectivity index is 3.01. The fraction of sp³-hybridized carbons (Fsp3) is 0.538. The summed E-state index contributed by atoms with van der Waals surface area (Å²) >= 11 is 0. The maximum Gasteiger partial charge on any atom is 0.341 e. The molecule has 0 aliphatic rings. The number of rotatable bonds is 6. The zero-order chi connectivity index (χ0) is 13.7. The number of aromatic nitrogens is 1. The molecule has 1 rings (SSSR count). The van der Waals surface area contributed by atoms with Crippen LogP contribution >= 0.6 is 0 Å². The summed E-state index contributed by atoms with van der Waals surface area (Å²) in [4.78, 5) is 23.1. The van der Waals surface area contributed by atoms with E-state index < -0.39 is 11.5 Å². The maximum absolute atomic E-state index is 12.0. The van der Waals surface area contributed by atoms with E-state index in [9.17, 15) is 9.59 Å². The number of carboxylic acids is 1. The lowest BCUT2D eigenvalue weighted by Gasteiger charge is -2.12. The van der Waals surface area contributed by atoms with Crippen LogP contribution < -0.4 is 5.56 Å². The first-order valence-electron chi connectivity index (χ1n) is 6.04. The van der Waals surface area contributed by atoms with Crippen LogP contribution in [-0.2, 0) is 6.54 Å². The molecule has 0 saturated carbocycles. The monoisotopic (exact) mass is 253 g/mol. The van der Waals surface area contributed by atoms with Crippen molar-refractivity contribution in [2.75, 3.05) is 6.61 Å². The van der Waals surface area contributed by atoms with Gasteiger partial charge >= 0.3 is 5.97 Å². The molecule has 0 radical (unpaired) electrons. The molecule has 5 heteroatoms. The number of aromatic carboxylic acids is 1. The van der Waals surface area contributed by atoms with Gasteiger partial charge in [0.05, 0.1) is 0 Å². The van der Waals surface area contributed by atoms with Crippen LogP contribution in [0.1, 0.15) is 40.9 Å². The van der Waals surface area contributed by atoms with Crippen LogP contribution in [0.25, 0.3) is 0 Å². The highest BCUT2D eigenvalue weighted by Crippen LogP contribution is 2.08. The SMILES string of the molecule is Cc1cc(C)n(CCCCCO)c(=O)c1C(=O)O. The molecule has 100 valence electrons. The fourth-order valence-electron chi connectivity index (χ4n) is 2.02. The van der Waals surface area contributed by atoms with Crippen molar-refractivity contribution in [3.8, 4) is 0 Å². The summed E-state index contributed by atoms with van der Waals surface area (Å²) in [5.74, 6) is -1.18. The number of aliphatic hydroxyl groups excluding tert-OH is 1. The van der Waals surface area contributed by atoms with Crippen molar-refractivity contribution in [1.82, 2.24) is 4.57 Å². The standard InChI is InChI=1S/C13H19NO4/c1-9-8-10(2)14(6-4-3-5-7-15)12(16)11(9)13(17)18/h8,15H,3-7H2,1-2H3,(H,17,18). The second kappa shape index (κ2) is 6.35. The molecule has 0 aromatic carbocycles. The highest BCUT2D eigenvalue weighted by molar-refractivity contribution is 5.88. The summed E-state index contributed by atoms with van der Waals surface area (Å²) in [6.07, 6.45) is 2.27. The van der Waals surface area contributed by atoms with Crippen molar-refractivity contribution in [2.45, 2.75) is 39.7 Å². The smallest absolute Gasteiger partial charge is 0.341 e. The first-order chi connectivity index (χ1) is 8.49. The predicted octanol–water partition coefficient (Wildman–Crippen LogP) is 1.33. The van der Waals surface area contributed by atoms with Gasteiger partial charge in [-0.05, 0) is 44.7 Å². The minimum Gasteiger partial charge on any atom is -0.477 e. The molecule has 1 aromatic heterocycles. The number of pyridine rings is 1. The van der Waals surface area contributed by atoms with Crippen molar-refractivity contribution in [1.29, 1.82) is 0 Å². The van der Waals surface area contributed by atoms with E-state index in [1.807, 2.05) is 0 Å². The van der Waals surface area contributed by atoms with Crippen molar-refractivity contribution >= 4 is 5.97 Å². The molecule has 0 bridgehead atoms. The highest BCUT2D eigenvalue weighted by atomic mass is 16.4. The van der Waals surface area contributed by atoms with E-state index in [2.05, 4.69) is 0 Å². The normalized spacial score (nSPS) is 10.6. The van der Waals surface area contributed by atoms with Crippen LogP contribution in [0.5, 0.6) is 0 Å². The zero-order valence-corrected chi connectivity index (χ0v) is 10.8. The Morgan fingerprint density at radius 3 is 2.50 bits per heavy atom. The molecule has 0 aliphatic carbocycles. The minimum absolute atomic E-state index is 0.141. The Bertz CT molecular complexity index is 490. The van der Waals surface area contributed by atoms with Gasteiger partial charge in [0.25, 0.3) is 5.56 Å². The van der Waals surface area contributed by atoms with E-state index in [-0.39, 0.29) is 12.2 Å². The largest absolute Gasteiger partial charge is 0.477 e. The second-order valence-corrected chi connectivity index (χ2v) is 4.39. The molecule has 0 saturated heterocycles. The number of unbranched alkanes of at least 4 members (excludes halogenated alkanes) is 2. The Labute approximate surface area is 106 Å². The van der Waals surface area contributed by atoms with Gasteiger partial charge in [-0.25, -0.2) is 4.79 Å². The second-order valence-electron chi connectivity index (χ2n) is 4.39. The lowest BCUT2D eigenvalue weighted by Crippen LogP contribution is -2.29. The van der Waals surface area contributed by atoms with Crippen molar-refractivity contribution in [2.24, 2.45) is 0 Å². The lowest BCUT2D eigenvalue weighted by molar-refractivity contribution is 0.0693. The number of carboxylic acid groups (broad SMARTS) is 1. The average Bonchev–Trinajstić information content (AvgIpc) is 2.26. The maximum atomic E-state index is 12.0. The van der Waals surface area contributed by atoms with E-state index in [0.717, 1.165) is 18.5 Å². The molecule has 18 heavy (non-hydrogen) atoms. The molecule has 2 N–H and O–H groups in total. The van der Waals surface area contributed by atoms with Gasteiger partial charge < -0.3 is 14.8 Å². The van der Waals surface area contributed by atoms with E-state index >= 15 is 0 Å². The molecular formula is C13H19NO4. The van der Waals surface area contributed by atoms with Gasteiger partial charge in [-0.3, -0.25) is 4.79 Å². The van der Waals surface area contributed by atoms with E-state index in [1.54, 1.807) is 19.9 Å². The van der Waals surface area contributed by atoms with Crippen LogP contribution in [0.2, 0.25) is 0 Å². The third kappa shape index (κ3) is 3.20. The summed E-state index contributed by atoms with van der Waals surface area (Å²) in [6, 6.07) is 1.72. The van der Waals surface area contributed by atoms with Gasteiger partial charge in [0, 0.05) is 18.8 Å². The van der Waals surface area contributed by atoms with Gasteiger partial charge in [-0.2, -0.15) is 0 Å². The zero-order valence-electron chi connectivity index (χ0n) is 10.8. The van der Waals surface area contributed by atoms with Gasteiger partial charge in [0.15, 0.2) is 0 Å². The van der Waals surface area contributed by atoms with Gasteiger partial charge in [-0.15, -0.1) is 0 Å². The fourth-order valence-corrected chi connectivity index (χ4v) is 2.02. The number of aliphatic hydroxyl groups is 1. The van der Waals surface area contributed by atoms with Crippen LogP contribution in [0, 0.1) is 13.8 Å². The Hall–Kier alpha value is -1.62. The van der Waals surface area contributed by atoms with E-state index in [4.69, 9.17) is 10.2 Å². The highest BCUT2D eigenvalue weighted by Gasteiger charge is 2.15. The van der Waals surface area contributed by atoms with Crippen LogP contribution in [0.3, 0.4) is 0 Å². The van der Waals surface area contributed by atoms with Crippen LogP contribution in [0.15, 0.2) is 10.9 Å². The third-order valence-corrected chi connectivity index (χ3v) is 2.96. The quantitative estimate of drug-likeness (QED) is 0.749.